The molecule has 0 saturated carbocycles. The zero-order valence-corrected chi connectivity index (χ0v) is 6.12. The molecule has 0 fully saturated rings. The number of rotatable bonds is 0. The summed E-state index contributed by atoms with van der Waals surface area (Å²) in [6, 6.07) is 0. The van der Waals surface area contributed by atoms with Crippen LogP contribution in [0.15, 0.2) is 10.9 Å². The minimum absolute atomic E-state index is 1.44. The Bertz CT molecular complexity index is 54.0. The fraction of sp³-hybridized carbons (Fsp3) is 0.600. The van der Waals surface area contributed by atoms with E-state index in [-0.39, 0.29) is 0 Å². The van der Waals surface area contributed by atoms with E-state index in [1.165, 1.54) is 10.9 Å². The van der Waals surface area contributed by atoms with Crippen LogP contribution in [0.1, 0.15) is 20.8 Å². The van der Waals surface area contributed by atoms with Gasteiger partial charge in [-0.15, -0.1) is 0 Å². The van der Waals surface area contributed by atoms with Crippen LogP contribution in [0.3, 0.4) is 0 Å². The molecule has 1 heteroatoms. The van der Waals surface area contributed by atoms with Gasteiger partial charge in [-0.2, -0.15) is 0 Å². The van der Waals surface area contributed by atoms with E-state index in [0.717, 1.165) is 0 Å². The van der Waals surface area contributed by atoms with Gasteiger partial charge in [0, 0.05) is 9.24 Å². The van der Waals surface area contributed by atoms with Crippen molar-refractivity contribution >= 4 is 9.24 Å². The van der Waals surface area contributed by atoms with Crippen LogP contribution in [0, 0.1) is 0 Å². The van der Waals surface area contributed by atoms with Gasteiger partial charge in [0.25, 0.3) is 0 Å². The van der Waals surface area contributed by atoms with Gasteiger partial charge in [0.05, 0.1) is 5.31 Å². The minimum Gasteiger partial charge on any atom is -0.0404 e. The number of hydrogen-bond acceptors (Lipinski definition) is 0. The van der Waals surface area contributed by atoms with Crippen LogP contribution >= 0.6 is 9.24 Å². The molecule has 6 heavy (non-hydrogen) atoms. The Morgan fingerprint density at radius 3 is 1.33 bits per heavy atom. The van der Waals surface area contributed by atoms with Crippen LogP contribution in [0.5, 0.6) is 0 Å². The standard InChI is InChI=1S/C5H11P/c1-4(2)5(3)6/h6H2,1-3H3/p+1. The Morgan fingerprint density at radius 1 is 1.17 bits per heavy atom. The molecule has 0 saturated heterocycles. The van der Waals surface area contributed by atoms with Gasteiger partial charge >= 0.3 is 0 Å². The predicted octanol–water partition coefficient (Wildman–Crippen LogP) is 1.91. The number of allylic oxidation sites excluding steroid dienone is 2. The molecular weight excluding hydrogens is 91.0 g/mol. The molecule has 0 aromatic heterocycles. The average molecular weight is 103 g/mol. The summed E-state index contributed by atoms with van der Waals surface area (Å²) >= 11 is 0. The molecule has 0 spiro atoms. The van der Waals surface area contributed by atoms with Crippen LogP contribution in [0.2, 0.25) is 0 Å². The second-order valence-corrected chi connectivity index (χ2v) is 2.84. The van der Waals surface area contributed by atoms with E-state index in [1.807, 2.05) is 9.24 Å². The first-order valence-electron chi connectivity index (χ1n) is 2.10. The van der Waals surface area contributed by atoms with E-state index in [9.17, 15) is 0 Å². The molecule has 0 aromatic carbocycles. The SMILES string of the molecule is CC(C)=C(C)[PH3+]. The van der Waals surface area contributed by atoms with Gasteiger partial charge in [-0.1, -0.05) is 0 Å². The lowest BCUT2D eigenvalue weighted by atomic mass is 10.3. The van der Waals surface area contributed by atoms with Gasteiger partial charge in [-0.05, 0) is 26.3 Å². The van der Waals surface area contributed by atoms with E-state index in [4.69, 9.17) is 0 Å². The third kappa shape index (κ3) is 2.41. The molecule has 0 radical (unpaired) electrons. The first-order chi connectivity index (χ1) is 2.64. The second kappa shape index (κ2) is 2.36. The lowest BCUT2D eigenvalue weighted by Gasteiger charge is -1.81. The second-order valence-electron chi connectivity index (χ2n) is 1.78. The fourth-order valence-electron chi connectivity index (χ4n) is 0. The molecule has 0 rings (SSSR count). The highest BCUT2D eigenvalue weighted by Gasteiger charge is 1.81. The monoisotopic (exact) mass is 103 g/mol. The molecule has 0 bridgehead atoms. The first kappa shape index (κ1) is 6.17. The van der Waals surface area contributed by atoms with Crippen LogP contribution in [0.4, 0.5) is 0 Å². The van der Waals surface area contributed by atoms with Gasteiger partial charge in [0.2, 0.25) is 0 Å². The molecule has 0 aliphatic carbocycles. The largest absolute Gasteiger partial charge is 0.0597 e. The molecule has 0 heterocycles. The lowest BCUT2D eigenvalue weighted by molar-refractivity contribution is 1.34. The van der Waals surface area contributed by atoms with Crippen molar-refractivity contribution in [2.45, 2.75) is 20.8 Å². The van der Waals surface area contributed by atoms with Crippen molar-refractivity contribution in [3.05, 3.63) is 10.9 Å². The zero-order valence-electron chi connectivity index (χ0n) is 4.71. The Hall–Kier alpha value is 0.170. The minimum atomic E-state index is 1.44. The topological polar surface area (TPSA) is 0 Å². The Kier molecular flexibility index (Phi) is 2.43. The van der Waals surface area contributed by atoms with E-state index >= 15 is 0 Å². The van der Waals surface area contributed by atoms with E-state index in [1.54, 1.807) is 0 Å². The fourth-order valence-corrected chi connectivity index (χ4v) is 0. The Balaban J connectivity index is 3.68. The molecule has 0 nitrogen and oxygen atoms in total. The molecule has 0 amide bonds. The highest BCUT2D eigenvalue weighted by Crippen LogP contribution is 2.07. The van der Waals surface area contributed by atoms with Gasteiger partial charge in [0.1, 0.15) is 0 Å². The van der Waals surface area contributed by atoms with Crippen molar-refractivity contribution in [3.8, 4) is 0 Å². The molecule has 1 atom stereocenters. The van der Waals surface area contributed by atoms with E-state index in [0.29, 0.717) is 0 Å². The molecular formula is C5H12P+. The summed E-state index contributed by atoms with van der Waals surface area (Å²) in [4.78, 5) is 0. The maximum atomic E-state index is 2.13. The predicted molar refractivity (Wildman–Crippen MR) is 35.2 cm³/mol. The third-order valence-corrected chi connectivity index (χ3v) is 1.56. The summed E-state index contributed by atoms with van der Waals surface area (Å²) in [5.41, 5.74) is 1.44. The van der Waals surface area contributed by atoms with E-state index < -0.39 is 0 Å². The van der Waals surface area contributed by atoms with E-state index in [2.05, 4.69) is 20.8 Å². The molecule has 0 aliphatic heterocycles. The number of hydrogen-bond donors (Lipinski definition) is 0. The van der Waals surface area contributed by atoms with Gasteiger partial charge in [0.15, 0.2) is 0 Å². The molecule has 0 aliphatic rings. The van der Waals surface area contributed by atoms with Crippen molar-refractivity contribution < 1.29 is 0 Å². The van der Waals surface area contributed by atoms with Crippen molar-refractivity contribution in [3.63, 3.8) is 0 Å². The smallest absolute Gasteiger partial charge is 0.0404 e. The zero-order chi connectivity index (χ0) is 5.15. The maximum absolute atomic E-state index is 2.13. The van der Waals surface area contributed by atoms with Gasteiger partial charge in [-0.3, -0.25) is 0 Å². The summed E-state index contributed by atoms with van der Waals surface area (Å²) in [6.45, 7) is 6.39. The highest BCUT2D eigenvalue weighted by atomic mass is 31.0. The quantitative estimate of drug-likeness (QED) is 0.411. The molecule has 0 aromatic rings. The van der Waals surface area contributed by atoms with Gasteiger partial charge < -0.3 is 0 Å². The summed E-state index contributed by atoms with van der Waals surface area (Å²) in [5.74, 6) is 0. The Morgan fingerprint density at radius 2 is 1.33 bits per heavy atom. The van der Waals surface area contributed by atoms with Crippen LogP contribution in [0.25, 0.3) is 0 Å². The summed E-state index contributed by atoms with van der Waals surface area (Å²) in [6.07, 6.45) is 0. The van der Waals surface area contributed by atoms with Crippen LogP contribution in [-0.2, 0) is 0 Å². The van der Waals surface area contributed by atoms with Crippen LogP contribution in [-0.4, -0.2) is 0 Å². The average Bonchev–Trinajstić information content (AvgIpc) is 1.36. The maximum Gasteiger partial charge on any atom is 0.0597 e. The van der Waals surface area contributed by atoms with Crippen molar-refractivity contribution in [2.75, 3.05) is 0 Å². The lowest BCUT2D eigenvalue weighted by Crippen LogP contribution is -1.61. The first-order valence-corrected chi connectivity index (χ1v) is 2.81. The summed E-state index contributed by atoms with van der Waals surface area (Å²) in [5, 5.41) is 1.45. The summed E-state index contributed by atoms with van der Waals surface area (Å²) < 4.78 is 0. The Labute approximate surface area is 41.8 Å². The summed E-state index contributed by atoms with van der Waals surface area (Å²) in [7, 11) is 1.94. The van der Waals surface area contributed by atoms with Crippen LogP contribution < -0.4 is 0 Å². The molecule has 36 valence electrons. The third-order valence-electron chi connectivity index (χ3n) is 0.854. The van der Waals surface area contributed by atoms with Crippen molar-refractivity contribution in [1.29, 1.82) is 0 Å². The normalized spacial score (nSPS) is 8.50. The van der Waals surface area contributed by atoms with Gasteiger partial charge in [-0.25, -0.2) is 0 Å². The van der Waals surface area contributed by atoms with Crippen molar-refractivity contribution in [2.24, 2.45) is 0 Å². The molecule has 1 unspecified atom stereocenters. The molecule has 0 N–H and O–H groups in total. The van der Waals surface area contributed by atoms with Crippen molar-refractivity contribution in [1.82, 2.24) is 0 Å². The highest BCUT2D eigenvalue weighted by molar-refractivity contribution is 7.22.